The van der Waals surface area contributed by atoms with Gasteiger partial charge in [0, 0.05) is 6.08 Å². The molecule has 96 valence electrons. The van der Waals surface area contributed by atoms with Crippen LogP contribution in [0.15, 0.2) is 11.6 Å². The highest BCUT2D eigenvalue weighted by molar-refractivity contribution is 5.82. The maximum absolute atomic E-state index is 11.3. The van der Waals surface area contributed by atoms with Gasteiger partial charge in [-0.15, -0.1) is 0 Å². The van der Waals surface area contributed by atoms with Gasteiger partial charge in [0.15, 0.2) is 0 Å². The summed E-state index contributed by atoms with van der Waals surface area (Å²) in [7, 11) is 1.44. The molecule has 0 aromatic rings. The first-order valence-corrected chi connectivity index (χ1v) is 6.48. The number of carbonyl (C=O) groups is 1. The number of esters is 1. The van der Waals surface area contributed by atoms with Crippen LogP contribution in [0.3, 0.4) is 0 Å². The average molecular weight is 236 g/mol. The number of hydrogen-bond donors (Lipinski definition) is 0. The summed E-state index contributed by atoms with van der Waals surface area (Å²) in [6.45, 7) is 11.4. The van der Waals surface area contributed by atoms with Crippen LogP contribution in [0.25, 0.3) is 0 Å². The van der Waals surface area contributed by atoms with Gasteiger partial charge in [0.25, 0.3) is 0 Å². The Bertz CT molecular complexity index is 376. The molecule has 0 N–H and O–H groups in total. The molecule has 3 atom stereocenters. The van der Waals surface area contributed by atoms with Crippen LogP contribution in [0.4, 0.5) is 0 Å². The van der Waals surface area contributed by atoms with Crippen LogP contribution in [0.5, 0.6) is 0 Å². The summed E-state index contributed by atoms with van der Waals surface area (Å²) >= 11 is 0. The van der Waals surface area contributed by atoms with Crippen molar-refractivity contribution in [1.82, 2.24) is 0 Å². The topological polar surface area (TPSA) is 26.3 Å². The Labute approximate surface area is 104 Å². The summed E-state index contributed by atoms with van der Waals surface area (Å²) in [6, 6.07) is 0. The fourth-order valence-corrected chi connectivity index (χ4v) is 3.75. The average Bonchev–Trinajstić information content (AvgIpc) is 2.99. The van der Waals surface area contributed by atoms with Gasteiger partial charge in [0.1, 0.15) is 0 Å². The van der Waals surface area contributed by atoms with E-state index in [1.54, 1.807) is 6.08 Å². The lowest BCUT2D eigenvalue weighted by Gasteiger charge is -2.03. The molecule has 0 radical (unpaired) electrons. The lowest BCUT2D eigenvalue weighted by molar-refractivity contribution is -0.134. The Morgan fingerprint density at radius 3 is 2.24 bits per heavy atom. The van der Waals surface area contributed by atoms with E-state index in [0.29, 0.717) is 16.7 Å². The second-order valence-corrected chi connectivity index (χ2v) is 7.04. The number of rotatable bonds is 3. The summed E-state index contributed by atoms with van der Waals surface area (Å²) < 4.78 is 4.70. The zero-order valence-electron chi connectivity index (χ0n) is 11.8. The molecule has 2 fully saturated rings. The molecule has 2 saturated carbocycles. The summed E-state index contributed by atoms with van der Waals surface area (Å²) in [6.07, 6.45) is 3.00. The predicted octanol–water partition coefficient (Wildman–Crippen LogP) is 3.42. The zero-order chi connectivity index (χ0) is 13.0. The molecule has 0 aromatic heterocycles. The molecule has 3 unspecified atom stereocenters. The SMILES string of the molecule is COC(=O)/C=C(\C)C1C(C2CC2(C)C)C1(C)C. The summed E-state index contributed by atoms with van der Waals surface area (Å²) in [5.74, 6) is 1.93. The standard InChI is InChI=1S/C15H24O2/c1-9(7-11(16)17-6)12-13(15(12,4)5)10-8-14(10,2)3/h7,10,12-13H,8H2,1-6H3/b9-7+. The Hall–Kier alpha value is -0.790. The number of hydrogen-bond acceptors (Lipinski definition) is 2. The Kier molecular flexibility index (Phi) is 2.68. The third-order valence-electron chi connectivity index (χ3n) is 4.97. The van der Waals surface area contributed by atoms with Crippen molar-refractivity contribution in [1.29, 1.82) is 0 Å². The lowest BCUT2D eigenvalue weighted by Crippen LogP contribution is -1.99. The van der Waals surface area contributed by atoms with Crippen molar-refractivity contribution in [3.8, 4) is 0 Å². The first-order valence-electron chi connectivity index (χ1n) is 6.48. The van der Waals surface area contributed by atoms with Crippen molar-refractivity contribution < 1.29 is 9.53 Å². The van der Waals surface area contributed by atoms with Gasteiger partial charge in [-0.25, -0.2) is 4.79 Å². The highest BCUT2D eigenvalue weighted by Crippen LogP contribution is 2.74. The van der Waals surface area contributed by atoms with Gasteiger partial charge in [0.2, 0.25) is 0 Å². The first kappa shape index (κ1) is 12.7. The van der Waals surface area contributed by atoms with Crippen LogP contribution in [-0.2, 0) is 9.53 Å². The minimum absolute atomic E-state index is 0.223. The molecule has 0 bridgehead atoms. The molecule has 0 aliphatic heterocycles. The van der Waals surface area contributed by atoms with E-state index in [4.69, 9.17) is 4.74 Å². The minimum atomic E-state index is -0.223. The molecule has 2 aliphatic carbocycles. The Morgan fingerprint density at radius 2 is 1.82 bits per heavy atom. The van der Waals surface area contributed by atoms with E-state index < -0.39 is 0 Å². The number of carbonyl (C=O) groups excluding carboxylic acids is 1. The third-order valence-corrected chi connectivity index (χ3v) is 4.97. The number of methoxy groups -OCH3 is 1. The van der Waals surface area contributed by atoms with Crippen LogP contribution < -0.4 is 0 Å². The quantitative estimate of drug-likeness (QED) is 0.554. The van der Waals surface area contributed by atoms with E-state index in [-0.39, 0.29) is 5.97 Å². The lowest BCUT2D eigenvalue weighted by atomic mass is 10.0. The molecule has 0 aromatic carbocycles. The van der Waals surface area contributed by atoms with E-state index in [1.165, 1.54) is 19.1 Å². The molecule has 2 aliphatic rings. The van der Waals surface area contributed by atoms with Crippen molar-refractivity contribution in [2.75, 3.05) is 7.11 Å². The largest absolute Gasteiger partial charge is 0.466 e. The van der Waals surface area contributed by atoms with Crippen LogP contribution in [0.1, 0.15) is 41.0 Å². The van der Waals surface area contributed by atoms with E-state index in [2.05, 4.69) is 34.6 Å². The smallest absolute Gasteiger partial charge is 0.330 e. The van der Waals surface area contributed by atoms with Gasteiger partial charge in [0.05, 0.1) is 7.11 Å². The first-order chi connectivity index (χ1) is 7.71. The van der Waals surface area contributed by atoms with E-state index >= 15 is 0 Å². The molecule has 0 heterocycles. The number of allylic oxidation sites excluding steroid dienone is 1. The van der Waals surface area contributed by atoms with Crippen LogP contribution in [0, 0.1) is 28.6 Å². The van der Waals surface area contributed by atoms with Gasteiger partial charge in [-0.1, -0.05) is 33.3 Å². The fourth-order valence-electron chi connectivity index (χ4n) is 3.75. The van der Waals surface area contributed by atoms with Gasteiger partial charge in [-0.2, -0.15) is 0 Å². The van der Waals surface area contributed by atoms with Crippen molar-refractivity contribution in [2.45, 2.75) is 41.0 Å². The Balaban J connectivity index is 2.09. The minimum Gasteiger partial charge on any atom is -0.466 e. The fraction of sp³-hybridized carbons (Fsp3) is 0.800. The van der Waals surface area contributed by atoms with E-state index in [0.717, 1.165) is 11.8 Å². The van der Waals surface area contributed by atoms with Gasteiger partial charge in [-0.3, -0.25) is 0 Å². The summed E-state index contributed by atoms with van der Waals surface area (Å²) in [5.41, 5.74) is 2.06. The van der Waals surface area contributed by atoms with E-state index in [9.17, 15) is 4.79 Å². The highest BCUT2D eigenvalue weighted by Gasteiger charge is 2.68. The van der Waals surface area contributed by atoms with Crippen molar-refractivity contribution >= 4 is 5.97 Å². The molecule has 2 rings (SSSR count). The molecular formula is C15H24O2. The third kappa shape index (κ3) is 2.02. The maximum Gasteiger partial charge on any atom is 0.330 e. The summed E-state index contributed by atoms with van der Waals surface area (Å²) in [5, 5.41) is 0. The van der Waals surface area contributed by atoms with Gasteiger partial charge >= 0.3 is 5.97 Å². The highest BCUT2D eigenvalue weighted by atomic mass is 16.5. The summed E-state index contributed by atoms with van der Waals surface area (Å²) in [4.78, 5) is 11.3. The van der Waals surface area contributed by atoms with Crippen LogP contribution in [0.2, 0.25) is 0 Å². The Morgan fingerprint density at radius 1 is 1.29 bits per heavy atom. The van der Waals surface area contributed by atoms with Gasteiger partial charge < -0.3 is 4.74 Å². The van der Waals surface area contributed by atoms with Crippen molar-refractivity contribution in [3.63, 3.8) is 0 Å². The molecule has 0 saturated heterocycles. The van der Waals surface area contributed by atoms with E-state index in [1.807, 2.05) is 0 Å². The molecule has 2 heteroatoms. The van der Waals surface area contributed by atoms with Crippen molar-refractivity contribution in [2.24, 2.45) is 28.6 Å². The molecule has 0 amide bonds. The number of ether oxygens (including phenoxy) is 1. The monoisotopic (exact) mass is 236 g/mol. The van der Waals surface area contributed by atoms with Crippen LogP contribution >= 0.6 is 0 Å². The maximum atomic E-state index is 11.3. The zero-order valence-corrected chi connectivity index (χ0v) is 11.8. The molecule has 2 nitrogen and oxygen atoms in total. The molecule has 17 heavy (non-hydrogen) atoms. The molecule has 0 spiro atoms. The molecular weight excluding hydrogens is 212 g/mol. The second kappa shape index (κ2) is 3.60. The second-order valence-electron chi connectivity index (χ2n) is 7.04. The van der Waals surface area contributed by atoms with Crippen LogP contribution in [-0.4, -0.2) is 13.1 Å². The van der Waals surface area contributed by atoms with Gasteiger partial charge in [-0.05, 0) is 41.9 Å². The van der Waals surface area contributed by atoms with Crippen molar-refractivity contribution in [3.05, 3.63) is 11.6 Å². The predicted molar refractivity (Wildman–Crippen MR) is 68.4 cm³/mol. The normalized spacial score (nSPS) is 37.5.